The van der Waals surface area contributed by atoms with Gasteiger partial charge in [0, 0.05) is 13.2 Å². The molecule has 1 saturated heterocycles. The molecule has 1 atom stereocenters. The molecule has 1 aromatic rings. The van der Waals surface area contributed by atoms with Crippen LogP contribution < -0.4 is 23.6 Å². The fourth-order valence-electron chi connectivity index (χ4n) is 3.04. The molecule has 1 aliphatic heterocycles. The number of unbranched alkanes of at least 4 members (excludes halogenated alkanes) is 6. The molecule has 28 heavy (non-hydrogen) atoms. The van der Waals surface area contributed by atoms with E-state index in [2.05, 4.69) is 0 Å². The van der Waals surface area contributed by atoms with E-state index in [0.29, 0.717) is 12.4 Å². The molecule has 0 radical (unpaired) electrons. The van der Waals surface area contributed by atoms with E-state index < -0.39 is 10.1 Å². The van der Waals surface area contributed by atoms with E-state index in [1.807, 2.05) is 0 Å². The Balaban J connectivity index is 0.00000392. The summed E-state index contributed by atoms with van der Waals surface area (Å²) in [4.78, 5) is -0.230. The maximum Gasteiger partial charge on any atom is 1.00 e. The molecular weight excluding hydrogens is 375 g/mol. The van der Waals surface area contributed by atoms with Crippen molar-refractivity contribution in [3.63, 3.8) is 0 Å². The van der Waals surface area contributed by atoms with E-state index in [0.717, 1.165) is 45.3 Å². The fourth-order valence-corrected chi connectivity index (χ4v) is 3.51. The van der Waals surface area contributed by atoms with Gasteiger partial charge in [0.05, 0.1) is 11.5 Å². The van der Waals surface area contributed by atoms with Gasteiger partial charge < -0.3 is 18.8 Å². The summed E-state index contributed by atoms with van der Waals surface area (Å²) in [6.45, 7) is 2.23. The Morgan fingerprint density at radius 3 is 2.11 bits per heavy atom. The second-order valence-electron chi connectivity index (χ2n) is 6.92. The third-order valence-electron chi connectivity index (χ3n) is 4.61. The molecule has 1 aliphatic rings. The Morgan fingerprint density at radius 1 is 0.929 bits per heavy atom. The first-order chi connectivity index (χ1) is 13.1. The van der Waals surface area contributed by atoms with E-state index in [1.54, 1.807) is 0 Å². The van der Waals surface area contributed by atoms with Crippen molar-refractivity contribution in [2.75, 3.05) is 19.8 Å². The van der Waals surface area contributed by atoms with Crippen LogP contribution in [0.3, 0.4) is 0 Å². The van der Waals surface area contributed by atoms with Crippen molar-refractivity contribution in [2.24, 2.45) is 0 Å². The molecule has 1 fully saturated rings. The molecule has 0 aromatic heterocycles. The van der Waals surface area contributed by atoms with Gasteiger partial charge in [-0.25, -0.2) is 8.42 Å². The zero-order valence-corrected chi connectivity index (χ0v) is 17.8. The van der Waals surface area contributed by atoms with Crippen LogP contribution in [0.15, 0.2) is 29.2 Å². The number of hydrogen-bond donors (Lipinski definition) is 0. The smallest absolute Gasteiger partial charge is 0.744 e. The summed E-state index contributed by atoms with van der Waals surface area (Å²) in [7, 11) is -4.39. The maximum absolute atomic E-state index is 10.9. The SMILES string of the molecule is O=S(=O)([O-])c1ccc(OCCCCCCCCCOC2CCCCO2)cc1.[Li+]. The van der Waals surface area contributed by atoms with Crippen LogP contribution >= 0.6 is 0 Å². The zero-order chi connectivity index (χ0) is 19.4. The standard InChI is InChI=1S/C20H32O6S.Li/c21-27(22,23)19-13-11-18(12-14-19)24-15-7-4-2-1-3-5-8-16-25-20-10-6-9-17-26-20;/h11-14,20H,1-10,15-17H2,(H,21,22,23);/q;+1/p-1. The summed E-state index contributed by atoms with van der Waals surface area (Å²) < 4.78 is 49.4. The molecule has 0 spiro atoms. The number of rotatable bonds is 13. The molecular formula is C20H31LiO6S. The topological polar surface area (TPSA) is 84.9 Å². The molecule has 2 rings (SSSR count). The molecule has 1 unspecified atom stereocenters. The minimum Gasteiger partial charge on any atom is -0.744 e. The molecule has 1 heterocycles. The van der Waals surface area contributed by atoms with Gasteiger partial charge in [0.1, 0.15) is 15.9 Å². The van der Waals surface area contributed by atoms with Gasteiger partial charge in [0.15, 0.2) is 6.29 Å². The Morgan fingerprint density at radius 2 is 1.54 bits per heavy atom. The van der Waals surface area contributed by atoms with Crippen molar-refractivity contribution < 1.29 is 46.0 Å². The molecule has 154 valence electrons. The Hall–Kier alpha value is -0.553. The third-order valence-corrected chi connectivity index (χ3v) is 5.46. The molecule has 0 aliphatic carbocycles. The predicted molar refractivity (Wildman–Crippen MR) is 102 cm³/mol. The molecule has 0 saturated carbocycles. The minimum absolute atomic E-state index is 0. The quantitative estimate of drug-likeness (QED) is 0.278. The minimum atomic E-state index is -4.39. The fraction of sp³-hybridized carbons (Fsp3) is 0.700. The van der Waals surface area contributed by atoms with Crippen LogP contribution in [-0.4, -0.2) is 39.1 Å². The monoisotopic (exact) mass is 406 g/mol. The molecule has 6 nitrogen and oxygen atoms in total. The van der Waals surface area contributed by atoms with E-state index in [4.69, 9.17) is 14.2 Å². The molecule has 0 bridgehead atoms. The molecule has 1 aromatic carbocycles. The summed E-state index contributed by atoms with van der Waals surface area (Å²) in [5.41, 5.74) is 0. The van der Waals surface area contributed by atoms with E-state index in [-0.39, 0.29) is 30.0 Å². The predicted octanol–water partition coefficient (Wildman–Crippen LogP) is 1.25. The van der Waals surface area contributed by atoms with Crippen molar-refractivity contribution in [2.45, 2.75) is 75.4 Å². The second kappa shape index (κ2) is 14.4. The summed E-state index contributed by atoms with van der Waals surface area (Å²) in [6.07, 6.45) is 11.4. The summed E-state index contributed by atoms with van der Waals surface area (Å²) in [5.74, 6) is 0.587. The molecule has 0 amide bonds. The van der Waals surface area contributed by atoms with Gasteiger partial charge in [0.25, 0.3) is 0 Å². The van der Waals surface area contributed by atoms with Gasteiger partial charge >= 0.3 is 18.9 Å². The van der Waals surface area contributed by atoms with Crippen LogP contribution in [0.4, 0.5) is 0 Å². The van der Waals surface area contributed by atoms with Crippen molar-refractivity contribution in [1.82, 2.24) is 0 Å². The summed E-state index contributed by atoms with van der Waals surface area (Å²) >= 11 is 0. The van der Waals surface area contributed by atoms with Crippen molar-refractivity contribution >= 4 is 10.1 Å². The third kappa shape index (κ3) is 10.8. The van der Waals surface area contributed by atoms with Gasteiger partial charge in [0.2, 0.25) is 0 Å². The first-order valence-corrected chi connectivity index (χ1v) is 11.4. The van der Waals surface area contributed by atoms with Crippen LogP contribution in [0.2, 0.25) is 0 Å². The van der Waals surface area contributed by atoms with E-state index >= 15 is 0 Å². The van der Waals surface area contributed by atoms with E-state index in [1.165, 1.54) is 56.4 Å². The van der Waals surface area contributed by atoms with Crippen LogP contribution in [0.1, 0.15) is 64.2 Å². The van der Waals surface area contributed by atoms with Gasteiger partial charge in [-0.05, 0) is 56.4 Å². The molecule has 0 N–H and O–H groups in total. The normalized spacial score (nSPS) is 17.1. The van der Waals surface area contributed by atoms with Crippen molar-refractivity contribution in [3.8, 4) is 5.75 Å². The van der Waals surface area contributed by atoms with Gasteiger partial charge in [-0.2, -0.15) is 0 Å². The Labute approximate surface area is 181 Å². The van der Waals surface area contributed by atoms with Gasteiger partial charge in [-0.1, -0.05) is 32.1 Å². The maximum atomic E-state index is 10.9. The van der Waals surface area contributed by atoms with Crippen molar-refractivity contribution in [1.29, 1.82) is 0 Å². The molecule has 8 heteroatoms. The van der Waals surface area contributed by atoms with Crippen LogP contribution in [0, 0.1) is 0 Å². The first kappa shape index (κ1) is 25.5. The average Bonchev–Trinajstić information content (AvgIpc) is 2.66. The number of ether oxygens (including phenoxy) is 3. The number of hydrogen-bond acceptors (Lipinski definition) is 6. The summed E-state index contributed by atoms with van der Waals surface area (Å²) in [5, 5.41) is 0. The van der Waals surface area contributed by atoms with E-state index in [9.17, 15) is 13.0 Å². The van der Waals surface area contributed by atoms with Crippen LogP contribution in [0.25, 0.3) is 0 Å². The first-order valence-electron chi connectivity index (χ1n) is 9.98. The zero-order valence-electron chi connectivity index (χ0n) is 16.9. The van der Waals surface area contributed by atoms with Crippen LogP contribution in [0.5, 0.6) is 5.75 Å². The van der Waals surface area contributed by atoms with Crippen molar-refractivity contribution in [3.05, 3.63) is 24.3 Å². The summed E-state index contributed by atoms with van der Waals surface area (Å²) in [6, 6.07) is 5.60. The van der Waals surface area contributed by atoms with Gasteiger partial charge in [-0.3, -0.25) is 0 Å². The Bertz CT molecular complexity index is 614. The average molecular weight is 406 g/mol. The largest absolute Gasteiger partial charge is 1.00 e. The van der Waals surface area contributed by atoms with Crippen LogP contribution in [-0.2, 0) is 19.6 Å². The number of benzene rings is 1. The Kier molecular flexibility index (Phi) is 13.1. The second-order valence-corrected chi connectivity index (χ2v) is 8.30. The van der Waals surface area contributed by atoms with Gasteiger partial charge in [-0.15, -0.1) is 0 Å².